The Hall–Kier alpha value is -0.860. The van der Waals surface area contributed by atoms with Crippen molar-refractivity contribution in [1.29, 1.82) is 0 Å². The van der Waals surface area contributed by atoms with E-state index < -0.39 is 0 Å². The summed E-state index contributed by atoms with van der Waals surface area (Å²) in [7, 11) is 0. The average molecular weight is 251 g/mol. The molecule has 1 aliphatic heterocycles. The fourth-order valence-electron chi connectivity index (χ4n) is 2.51. The quantitative estimate of drug-likeness (QED) is 0.578. The lowest BCUT2D eigenvalue weighted by Crippen LogP contribution is -2.17. The van der Waals surface area contributed by atoms with E-state index in [1.54, 1.807) is 5.71 Å². The van der Waals surface area contributed by atoms with Gasteiger partial charge in [-0.05, 0) is 17.7 Å². The van der Waals surface area contributed by atoms with Crippen molar-refractivity contribution in [2.24, 2.45) is 5.92 Å². The molecule has 1 fully saturated rings. The van der Waals surface area contributed by atoms with Gasteiger partial charge < -0.3 is 4.74 Å². The second-order valence-electron chi connectivity index (χ2n) is 4.85. The number of hydrogen-bond donors (Lipinski definition) is 0. The fraction of sp³-hybridized carbons (Fsp3) is 0.500. The van der Waals surface area contributed by atoms with Crippen molar-refractivity contribution in [3.63, 3.8) is 0 Å². The molecule has 17 heavy (non-hydrogen) atoms. The van der Waals surface area contributed by atoms with Crippen LogP contribution in [0.1, 0.15) is 18.4 Å². The zero-order valence-electron chi connectivity index (χ0n) is 9.86. The smallest absolute Gasteiger partial charge is 0.166 e. The van der Waals surface area contributed by atoms with Crippen molar-refractivity contribution in [1.82, 2.24) is 0 Å². The molecule has 0 radical (unpaired) electrons. The van der Waals surface area contributed by atoms with Crippen LogP contribution >= 0.6 is 11.6 Å². The van der Waals surface area contributed by atoms with Crippen LogP contribution in [0.4, 0.5) is 0 Å². The van der Waals surface area contributed by atoms with E-state index in [9.17, 15) is 0 Å². The maximum absolute atomic E-state index is 5.83. The molecule has 0 N–H and O–H groups in total. The van der Waals surface area contributed by atoms with E-state index in [2.05, 4.69) is 4.58 Å². The molecule has 0 aromatic heterocycles. The third-order valence-electron chi connectivity index (χ3n) is 3.61. The molecule has 3 rings (SSSR count). The molecule has 3 heteroatoms. The van der Waals surface area contributed by atoms with Crippen LogP contribution in [-0.2, 0) is 11.3 Å². The van der Waals surface area contributed by atoms with E-state index in [1.165, 1.54) is 24.9 Å². The highest BCUT2D eigenvalue weighted by atomic mass is 35.5. The van der Waals surface area contributed by atoms with E-state index in [0.717, 1.165) is 24.1 Å². The molecule has 90 valence electrons. The van der Waals surface area contributed by atoms with Gasteiger partial charge in [0.2, 0.25) is 0 Å². The number of benzene rings is 1. The minimum absolute atomic E-state index is 0.684. The fourth-order valence-corrected chi connectivity index (χ4v) is 2.63. The van der Waals surface area contributed by atoms with Crippen LogP contribution in [0.25, 0.3) is 0 Å². The van der Waals surface area contributed by atoms with Gasteiger partial charge in [0.15, 0.2) is 12.3 Å². The van der Waals surface area contributed by atoms with Crippen molar-refractivity contribution in [2.45, 2.75) is 19.4 Å². The second-order valence-corrected chi connectivity index (χ2v) is 5.28. The molecule has 0 saturated heterocycles. The van der Waals surface area contributed by atoms with Crippen molar-refractivity contribution < 1.29 is 9.31 Å². The first-order chi connectivity index (χ1) is 8.33. The molecule has 1 atom stereocenters. The molecule has 1 saturated carbocycles. The summed E-state index contributed by atoms with van der Waals surface area (Å²) in [5.41, 5.74) is 2.85. The van der Waals surface area contributed by atoms with E-state index in [4.69, 9.17) is 16.3 Å². The van der Waals surface area contributed by atoms with Crippen LogP contribution in [0.5, 0.6) is 0 Å². The second kappa shape index (κ2) is 4.79. The first-order valence-electron chi connectivity index (χ1n) is 6.26. The van der Waals surface area contributed by atoms with Gasteiger partial charge in [-0.3, -0.25) is 0 Å². The molecule has 0 amide bonds. The number of hydrogen-bond acceptors (Lipinski definition) is 1. The summed E-state index contributed by atoms with van der Waals surface area (Å²) in [5, 5.41) is 0.780. The highest BCUT2D eigenvalue weighted by molar-refractivity contribution is 6.30. The van der Waals surface area contributed by atoms with E-state index in [-0.39, 0.29) is 0 Å². The molecule has 0 spiro atoms. The third-order valence-corrected chi connectivity index (χ3v) is 3.86. The van der Waals surface area contributed by atoms with Crippen LogP contribution < -0.4 is 0 Å². The standard InChI is InChI=1S/C14H17ClNO/c15-13-3-1-11(2-4-13)10-17-8-7-16-6-5-12-9-14(12)16/h1-4,12H,5-10H2/q+1. The first-order valence-corrected chi connectivity index (χ1v) is 6.63. The lowest BCUT2D eigenvalue weighted by Gasteiger charge is -2.04. The molecule has 0 bridgehead atoms. The summed E-state index contributed by atoms with van der Waals surface area (Å²) in [4.78, 5) is 0. The van der Waals surface area contributed by atoms with Gasteiger partial charge in [0.05, 0.1) is 12.5 Å². The topological polar surface area (TPSA) is 12.2 Å². The normalized spacial score (nSPS) is 21.8. The van der Waals surface area contributed by atoms with Gasteiger partial charge in [0.1, 0.15) is 13.2 Å². The maximum atomic E-state index is 5.83. The summed E-state index contributed by atoms with van der Waals surface area (Å²) in [6, 6.07) is 7.85. The summed E-state index contributed by atoms with van der Waals surface area (Å²) < 4.78 is 8.18. The van der Waals surface area contributed by atoms with Crippen molar-refractivity contribution in [3.05, 3.63) is 34.9 Å². The number of ether oxygens (including phenoxy) is 1. The summed E-state index contributed by atoms with van der Waals surface area (Å²) in [5.74, 6) is 0.936. The third kappa shape index (κ3) is 2.70. The molecular weight excluding hydrogens is 234 g/mol. The monoisotopic (exact) mass is 250 g/mol. The molecule has 1 aliphatic carbocycles. The SMILES string of the molecule is Clc1ccc(COCC[N+]2=C3CC3CC2)cc1. The number of halogens is 1. The Kier molecular flexibility index (Phi) is 3.17. The summed E-state index contributed by atoms with van der Waals surface area (Å²) in [6.45, 7) is 3.80. The number of nitrogens with zero attached hydrogens (tertiary/aromatic N) is 1. The van der Waals surface area contributed by atoms with Gasteiger partial charge in [-0.25, -0.2) is 4.58 Å². The Bertz CT molecular complexity index is 438. The Morgan fingerprint density at radius 3 is 2.76 bits per heavy atom. The highest BCUT2D eigenvalue weighted by Gasteiger charge is 2.46. The Labute approximate surface area is 107 Å². The van der Waals surface area contributed by atoms with Gasteiger partial charge >= 0.3 is 0 Å². The molecule has 1 heterocycles. The molecule has 1 unspecified atom stereocenters. The maximum Gasteiger partial charge on any atom is 0.166 e. The number of rotatable bonds is 5. The van der Waals surface area contributed by atoms with Gasteiger partial charge in [-0.1, -0.05) is 23.7 Å². The Morgan fingerprint density at radius 2 is 2.12 bits per heavy atom. The Morgan fingerprint density at radius 1 is 1.29 bits per heavy atom. The van der Waals surface area contributed by atoms with Gasteiger partial charge in [0, 0.05) is 17.9 Å². The van der Waals surface area contributed by atoms with Crippen LogP contribution in [0.3, 0.4) is 0 Å². The number of fused-ring (bicyclic) bond motifs is 1. The van der Waals surface area contributed by atoms with E-state index in [1.807, 2.05) is 24.3 Å². The Balaban J connectivity index is 1.41. The molecular formula is C14H17ClNO+. The van der Waals surface area contributed by atoms with E-state index in [0.29, 0.717) is 6.61 Å². The molecule has 1 aromatic rings. The first kappa shape index (κ1) is 11.2. The van der Waals surface area contributed by atoms with Gasteiger partial charge in [-0.15, -0.1) is 0 Å². The van der Waals surface area contributed by atoms with Crippen LogP contribution in [0, 0.1) is 5.92 Å². The molecule has 2 nitrogen and oxygen atoms in total. The predicted octanol–water partition coefficient (Wildman–Crippen LogP) is 2.73. The van der Waals surface area contributed by atoms with Crippen molar-refractivity contribution >= 4 is 17.3 Å². The lowest BCUT2D eigenvalue weighted by atomic mass is 10.2. The summed E-state index contributed by atoms with van der Waals surface area (Å²) in [6.07, 6.45) is 2.71. The minimum atomic E-state index is 0.684. The lowest BCUT2D eigenvalue weighted by molar-refractivity contribution is -0.523. The van der Waals surface area contributed by atoms with Crippen LogP contribution in [0.2, 0.25) is 5.02 Å². The molecule has 1 aromatic carbocycles. The van der Waals surface area contributed by atoms with E-state index >= 15 is 0 Å². The summed E-state index contributed by atoms with van der Waals surface area (Å²) >= 11 is 5.83. The molecule has 2 aliphatic rings. The van der Waals surface area contributed by atoms with Crippen molar-refractivity contribution in [3.8, 4) is 0 Å². The van der Waals surface area contributed by atoms with Crippen molar-refractivity contribution in [2.75, 3.05) is 19.7 Å². The zero-order valence-corrected chi connectivity index (χ0v) is 10.6. The highest BCUT2D eigenvalue weighted by Crippen LogP contribution is 2.34. The van der Waals surface area contributed by atoms with Gasteiger partial charge in [0.25, 0.3) is 0 Å². The largest absolute Gasteiger partial charge is 0.370 e. The average Bonchev–Trinajstić information content (AvgIpc) is 3.02. The predicted molar refractivity (Wildman–Crippen MR) is 68.8 cm³/mol. The van der Waals surface area contributed by atoms with Crippen LogP contribution in [-0.4, -0.2) is 30.0 Å². The van der Waals surface area contributed by atoms with Crippen LogP contribution in [0.15, 0.2) is 24.3 Å². The van der Waals surface area contributed by atoms with Gasteiger partial charge in [-0.2, -0.15) is 0 Å². The zero-order chi connectivity index (χ0) is 11.7. The minimum Gasteiger partial charge on any atom is -0.370 e.